The molecule has 2 heterocycles. The van der Waals surface area contributed by atoms with E-state index in [0.717, 1.165) is 22.0 Å². The molecule has 12 heteroatoms. The maximum Gasteiger partial charge on any atom is 0.412 e. The smallest absolute Gasteiger partial charge is 0.412 e. The molecule has 3 N–H and O–H groups in total. The number of hydrogen-bond donors (Lipinski definition) is 3. The van der Waals surface area contributed by atoms with Crippen molar-refractivity contribution in [2.45, 2.75) is 97.2 Å². The second-order valence-electron chi connectivity index (χ2n) is 13.4. The van der Waals surface area contributed by atoms with Gasteiger partial charge in [0.1, 0.15) is 36.3 Å². The third-order valence-corrected chi connectivity index (χ3v) is 8.48. The average Bonchev–Trinajstić information content (AvgIpc) is 3.49. The van der Waals surface area contributed by atoms with Crippen LogP contribution in [0.5, 0.6) is 5.75 Å². The second-order valence-corrected chi connectivity index (χ2v) is 13.4. The standard InChI is InChI=1S/C37H50N4O8/c1-7-24(2)33(35(44)46-6)40-34(43)30(39-31(42)16-17-32-41(18-11-19-47-32)36(45)49-37(3,4)5)20-26-22-38-29-15-14-27(21-28(26)29)48-23-25-12-9-8-10-13-25/h8-10,12-15,21-22,24,30,32-33,38H,7,11,16-20,23H2,1-6H3,(H,39,42)(H,40,43)/t24-,30?,32?,33-/m0/s1. The summed E-state index contributed by atoms with van der Waals surface area (Å²) in [6.45, 7) is 10.5. The number of methoxy groups -OCH3 is 1. The van der Waals surface area contributed by atoms with Gasteiger partial charge in [-0.2, -0.15) is 0 Å². The van der Waals surface area contributed by atoms with Crippen molar-refractivity contribution < 1.29 is 38.1 Å². The Morgan fingerprint density at radius 3 is 2.53 bits per heavy atom. The van der Waals surface area contributed by atoms with Gasteiger partial charge in [0.2, 0.25) is 11.8 Å². The number of hydrogen-bond acceptors (Lipinski definition) is 8. The average molecular weight is 679 g/mol. The van der Waals surface area contributed by atoms with Crippen LogP contribution in [0, 0.1) is 5.92 Å². The first-order chi connectivity index (χ1) is 23.4. The molecule has 1 aliphatic heterocycles. The molecule has 12 nitrogen and oxygen atoms in total. The maximum atomic E-state index is 13.8. The van der Waals surface area contributed by atoms with Crippen molar-refractivity contribution in [3.05, 3.63) is 65.9 Å². The van der Waals surface area contributed by atoms with Crippen molar-refractivity contribution in [2.24, 2.45) is 5.92 Å². The van der Waals surface area contributed by atoms with Gasteiger partial charge in [0.05, 0.1) is 13.7 Å². The van der Waals surface area contributed by atoms with Crippen molar-refractivity contribution in [3.8, 4) is 5.75 Å². The van der Waals surface area contributed by atoms with E-state index in [1.165, 1.54) is 12.0 Å². The first kappa shape index (κ1) is 37.2. The van der Waals surface area contributed by atoms with Crippen LogP contribution in [0.2, 0.25) is 0 Å². The Balaban J connectivity index is 1.51. The number of benzene rings is 2. The van der Waals surface area contributed by atoms with Crippen LogP contribution in [0.3, 0.4) is 0 Å². The summed E-state index contributed by atoms with van der Waals surface area (Å²) in [5.41, 5.74) is 1.98. The van der Waals surface area contributed by atoms with E-state index >= 15 is 0 Å². The van der Waals surface area contributed by atoms with Gasteiger partial charge in [-0.15, -0.1) is 0 Å². The Labute approximate surface area is 288 Å². The molecule has 1 fully saturated rings. The summed E-state index contributed by atoms with van der Waals surface area (Å²) in [6.07, 6.45) is 2.29. The van der Waals surface area contributed by atoms with Crippen LogP contribution in [0.15, 0.2) is 54.7 Å². The number of nitrogens with zero attached hydrogens (tertiary/aromatic N) is 1. The van der Waals surface area contributed by atoms with E-state index in [-0.39, 0.29) is 25.2 Å². The third kappa shape index (κ3) is 10.7. The lowest BCUT2D eigenvalue weighted by molar-refractivity contribution is -0.147. The van der Waals surface area contributed by atoms with E-state index < -0.39 is 47.8 Å². The van der Waals surface area contributed by atoms with Crippen LogP contribution in [-0.2, 0) is 41.6 Å². The van der Waals surface area contributed by atoms with E-state index in [1.54, 1.807) is 27.0 Å². The molecule has 0 spiro atoms. The molecule has 3 aromatic rings. The monoisotopic (exact) mass is 678 g/mol. The van der Waals surface area contributed by atoms with Crippen LogP contribution in [0.1, 0.15) is 71.4 Å². The van der Waals surface area contributed by atoms with Crippen LogP contribution < -0.4 is 15.4 Å². The predicted molar refractivity (Wildman–Crippen MR) is 185 cm³/mol. The SMILES string of the molecule is CC[C@H](C)[C@H](NC(=O)C(Cc1c[nH]c2ccc(OCc3ccccc3)cc12)NC(=O)CCC1OCCCN1C(=O)OC(C)(C)C)C(=O)OC. The molecule has 4 rings (SSSR count). The Morgan fingerprint density at radius 2 is 1.84 bits per heavy atom. The number of esters is 1. The molecule has 49 heavy (non-hydrogen) atoms. The molecule has 2 aromatic carbocycles. The topological polar surface area (TPSA) is 148 Å². The molecule has 2 unspecified atom stereocenters. The number of amides is 3. The Hall–Kier alpha value is -4.58. The predicted octanol–water partition coefficient (Wildman–Crippen LogP) is 5.24. The minimum Gasteiger partial charge on any atom is -0.489 e. The quantitative estimate of drug-likeness (QED) is 0.196. The summed E-state index contributed by atoms with van der Waals surface area (Å²) in [5.74, 6) is -1.02. The van der Waals surface area contributed by atoms with Crippen molar-refractivity contribution in [3.63, 3.8) is 0 Å². The van der Waals surface area contributed by atoms with E-state index in [9.17, 15) is 19.2 Å². The number of aromatic nitrogens is 1. The molecule has 0 bridgehead atoms. The lowest BCUT2D eigenvalue weighted by atomic mass is 9.98. The second kappa shape index (κ2) is 17.2. The highest BCUT2D eigenvalue weighted by Crippen LogP contribution is 2.26. The summed E-state index contributed by atoms with van der Waals surface area (Å²) in [5, 5.41) is 6.55. The van der Waals surface area contributed by atoms with E-state index in [1.807, 2.05) is 62.4 Å². The number of carbonyl (C=O) groups excluding carboxylic acids is 4. The fourth-order valence-electron chi connectivity index (χ4n) is 5.61. The maximum absolute atomic E-state index is 13.8. The molecule has 0 aliphatic carbocycles. The number of carbonyl (C=O) groups is 4. The molecule has 1 aliphatic rings. The van der Waals surface area contributed by atoms with Crippen molar-refractivity contribution in [2.75, 3.05) is 20.3 Å². The van der Waals surface area contributed by atoms with Crippen molar-refractivity contribution in [1.82, 2.24) is 20.5 Å². The molecule has 3 amide bonds. The normalized spacial score (nSPS) is 16.7. The number of H-pyrrole nitrogens is 1. The van der Waals surface area contributed by atoms with Gasteiger partial charge in [0, 0.05) is 42.9 Å². The zero-order chi connectivity index (χ0) is 35.6. The zero-order valence-electron chi connectivity index (χ0n) is 29.4. The zero-order valence-corrected chi connectivity index (χ0v) is 29.4. The van der Waals surface area contributed by atoms with Crippen LogP contribution in [0.4, 0.5) is 4.79 Å². The van der Waals surface area contributed by atoms with Gasteiger partial charge in [-0.1, -0.05) is 50.6 Å². The third-order valence-electron chi connectivity index (χ3n) is 8.48. The van der Waals surface area contributed by atoms with E-state index in [0.29, 0.717) is 38.3 Å². The highest BCUT2D eigenvalue weighted by atomic mass is 16.6. The molecule has 0 saturated carbocycles. The van der Waals surface area contributed by atoms with E-state index in [2.05, 4.69) is 15.6 Å². The molecule has 0 radical (unpaired) electrons. The lowest BCUT2D eigenvalue weighted by Crippen LogP contribution is -2.54. The first-order valence-corrected chi connectivity index (χ1v) is 16.9. The first-order valence-electron chi connectivity index (χ1n) is 16.9. The van der Waals surface area contributed by atoms with Crippen LogP contribution in [-0.4, -0.2) is 77.9 Å². The van der Waals surface area contributed by atoms with Crippen molar-refractivity contribution >= 4 is 34.8 Å². The summed E-state index contributed by atoms with van der Waals surface area (Å²) in [4.78, 5) is 57.5. The largest absolute Gasteiger partial charge is 0.489 e. The highest BCUT2D eigenvalue weighted by molar-refractivity contribution is 5.92. The number of ether oxygens (including phenoxy) is 4. The van der Waals surface area contributed by atoms with Crippen LogP contribution >= 0.6 is 0 Å². The van der Waals surface area contributed by atoms with E-state index in [4.69, 9.17) is 18.9 Å². The fourth-order valence-corrected chi connectivity index (χ4v) is 5.61. The number of aromatic amines is 1. The minimum atomic E-state index is -1.02. The summed E-state index contributed by atoms with van der Waals surface area (Å²) < 4.78 is 22.4. The minimum absolute atomic E-state index is 0.00903. The summed E-state index contributed by atoms with van der Waals surface area (Å²) in [7, 11) is 1.28. The van der Waals surface area contributed by atoms with Gasteiger partial charge in [0.15, 0.2) is 0 Å². The fraction of sp³-hybridized carbons (Fsp3) is 0.514. The molecular formula is C37H50N4O8. The van der Waals surface area contributed by atoms with Gasteiger partial charge in [-0.05, 0) is 62.4 Å². The molecule has 4 atom stereocenters. The lowest BCUT2D eigenvalue weighted by Gasteiger charge is -2.36. The van der Waals surface area contributed by atoms with Gasteiger partial charge >= 0.3 is 12.1 Å². The van der Waals surface area contributed by atoms with Gasteiger partial charge in [0.25, 0.3) is 0 Å². The Kier molecular flexibility index (Phi) is 13.1. The molecule has 1 aromatic heterocycles. The van der Waals surface area contributed by atoms with Gasteiger partial charge in [-0.25, -0.2) is 9.59 Å². The summed E-state index contributed by atoms with van der Waals surface area (Å²) >= 11 is 0. The van der Waals surface area contributed by atoms with Crippen LogP contribution in [0.25, 0.3) is 10.9 Å². The summed E-state index contributed by atoms with van der Waals surface area (Å²) in [6, 6.07) is 13.6. The Bertz CT molecular complexity index is 1570. The number of rotatable bonds is 14. The van der Waals surface area contributed by atoms with Gasteiger partial charge in [-0.3, -0.25) is 14.5 Å². The molecule has 266 valence electrons. The number of nitrogens with one attached hydrogen (secondary N) is 3. The molecule has 1 saturated heterocycles. The van der Waals surface area contributed by atoms with Gasteiger partial charge < -0.3 is 34.6 Å². The highest BCUT2D eigenvalue weighted by Gasteiger charge is 2.33. The molecular weight excluding hydrogens is 628 g/mol. The van der Waals surface area contributed by atoms with Crippen molar-refractivity contribution in [1.29, 1.82) is 0 Å². The Morgan fingerprint density at radius 1 is 1.08 bits per heavy atom. The number of fused-ring (bicyclic) bond motifs is 1.